The Labute approximate surface area is 233 Å². The highest BCUT2D eigenvalue weighted by molar-refractivity contribution is 5.90. The molecule has 0 atom stereocenters. The van der Waals surface area contributed by atoms with Crippen LogP contribution in [0.1, 0.15) is 31.4 Å². The maximum Gasteiger partial charge on any atom is 0.319 e. The van der Waals surface area contributed by atoms with Crippen molar-refractivity contribution in [1.82, 2.24) is 34.9 Å². The Bertz CT molecular complexity index is 1430. The number of nitrogens with zero attached hydrogens (tertiary/aromatic N) is 7. The summed E-state index contributed by atoms with van der Waals surface area (Å²) in [5.74, 6) is 1.54. The van der Waals surface area contributed by atoms with Gasteiger partial charge in [-0.1, -0.05) is 6.07 Å². The topological polar surface area (TPSA) is 113 Å². The van der Waals surface area contributed by atoms with E-state index in [1.807, 2.05) is 55.8 Å². The summed E-state index contributed by atoms with van der Waals surface area (Å²) < 4.78 is 7.72. The molecule has 3 aromatic heterocycles. The van der Waals surface area contributed by atoms with Crippen LogP contribution in [0.15, 0.2) is 55.0 Å². The highest BCUT2D eigenvalue weighted by atomic mass is 16.5. The summed E-state index contributed by atoms with van der Waals surface area (Å²) in [6.07, 6.45) is 7.69. The van der Waals surface area contributed by atoms with E-state index in [4.69, 9.17) is 19.8 Å². The molecule has 2 fully saturated rings. The van der Waals surface area contributed by atoms with Crippen LogP contribution in [0.2, 0.25) is 0 Å². The fourth-order valence-electron chi connectivity index (χ4n) is 5.43. The number of benzene rings is 1. The van der Waals surface area contributed by atoms with Crippen LogP contribution in [0.4, 0.5) is 16.3 Å². The van der Waals surface area contributed by atoms with Crippen LogP contribution in [-0.2, 0) is 11.3 Å². The zero-order valence-corrected chi connectivity index (χ0v) is 22.8. The van der Waals surface area contributed by atoms with Gasteiger partial charge in [-0.3, -0.25) is 9.88 Å². The normalized spacial score (nSPS) is 16.8. The molecule has 2 N–H and O–H groups in total. The molecule has 1 aromatic carbocycles. The second-order valence-electron chi connectivity index (χ2n) is 10.2. The first-order valence-corrected chi connectivity index (χ1v) is 14.0. The summed E-state index contributed by atoms with van der Waals surface area (Å²) >= 11 is 0. The van der Waals surface area contributed by atoms with Crippen molar-refractivity contribution in [3.05, 3.63) is 60.6 Å². The van der Waals surface area contributed by atoms with Crippen LogP contribution in [-0.4, -0.2) is 81.6 Å². The lowest BCUT2D eigenvalue weighted by Crippen LogP contribution is -2.37. The molecule has 2 saturated heterocycles. The molecule has 0 spiro atoms. The molecule has 0 bridgehead atoms. The molecule has 0 aliphatic carbocycles. The highest BCUT2D eigenvalue weighted by Crippen LogP contribution is 2.32. The van der Waals surface area contributed by atoms with Crippen LogP contribution >= 0.6 is 0 Å². The predicted molar refractivity (Wildman–Crippen MR) is 154 cm³/mol. The lowest BCUT2D eigenvalue weighted by molar-refractivity contribution is 0.122. The Kier molecular flexibility index (Phi) is 7.83. The second-order valence-corrected chi connectivity index (χ2v) is 10.2. The monoisotopic (exact) mass is 541 g/mol. The SMILES string of the molecule is CCNC(=O)Nc1ccc(-c2nc(N3CCOCC3)c3cnn(C4CCN(Cc5cccnc5)CC4)c3n2)cc1. The molecule has 0 radical (unpaired) electrons. The Morgan fingerprint density at radius 1 is 1.02 bits per heavy atom. The van der Waals surface area contributed by atoms with Crippen molar-refractivity contribution in [2.75, 3.05) is 56.2 Å². The number of piperidine rings is 1. The van der Waals surface area contributed by atoms with Crippen molar-refractivity contribution in [2.45, 2.75) is 32.4 Å². The number of hydrogen-bond donors (Lipinski definition) is 2. The van der Waals surface area contributed by atoms with E-state index in [2.05, 4.69) is 36.2 Å². The van der Waals surface area contributed by atoms with Gasteiger partial charge < -0.3 is 20.3 Å². The number of likely N-dealkylation sites (tertiary alicyclic amines) is 1. The maximum absolute atomic E-state index is 11.9. The molecule has 5 heterocycles. The number of morpholine rings is 1. The zero-order chi connectivity index (χ0) is 27.3. The number of rotatable bonds is 7. The van der Waals surface area contributed by atoms with E-state index >= 15 is 0 Å². The number of hydrogen-bond acceptors (Lipinski definition) is 8. The van der Waals surface area contributed by atoms with E-state index in [-0.39, 0.29) is 12.1 Å². The van der Waals surface area contributed by atoms with Crippen LogP contribution in [0.3, 0.4) is 0 Å². The van der Waals surface area contributed by atoms with Gasteiger partial charge in [0, 0.05) is 62.9 Å². The van der Waals surface area contributed by atoms with Gasteiger partial charge in [-0.05, 0) is 55.7 Å². The van der Waals surface area contributed by atoms with Gasteiger partial charge in [0.05, 0.1) is 30.8 Å². The molecular weight excluding hydrogens is 506 g/mol. The van der Waals surface area contributed by atoms with Crippen molar-refractivity contribution < 1.29 is 9.53 Å². The first-order chi connectivity index (χ1) is 19.7. The third-order valence-electron chi connectivity index (χ3n) is 7.51. The first kappa shape index (κ1) is 26.1. The van der Waals surface area contributed by atoms with Gasteiger partial charge in [-0.2, -0.15) is 5.10 Å². The molecular formula is C29H35N9O2. The highest BCUT2D eigenvalue weighted by Gasteiger charge is 2.26. The summed E-state index contributed by atoms with van der Waals surface area (Å²) in [7, 11) is 0. The molecule has 40 heavy (non-hydrogen) atoms. The number of anilines is 2. The van der Waals surface area contributed by atoms with Crippen LogP contribution in [0, 0.1) is 0 Å². The molecule has 6 rings (SSSR count). The molecule has 208 valence electrons. The maximum atomic E-state index is 11.9. The van der Waals surface area contributed by atoms with Crippen LogP contribution in [0.25, 0.3) is 22.4 Å². The summed E-state index contributed by atoms with van der Waals surface area (Å²) in [6.45, 7) is 8.26. The summed E-state index contributed by atoms with van der Waals surface area (Å²) in [5, 5.41) is 11.4. The largest absolute Gasteiger partial charge is 0.378 e. The number of carbonyl (C=O) groups excluding carboxylic acids is 1. The van der Waals surface area contributed by atoms with Crippen molar-refractivity contribution in [3.8, 4) is 11.4 Å². The Morgan fingerprint density at radius 2 is 1.82 bits per heavy atom. The number of pyridine rings is 1. The molecule has 2 aliphatic rings. The summed E-state index contributed by atoms with van der Waals surface area (Å²) in [6, 6.07) is 11.8. The second kappa shape index (κ2) is 12.0. The van der Waals surface area contributed by atoms with E-state index < -0.39 is 0 Å². The van der Waals surface area contributed by atoms with Gasteiger partial charge in [0.1, 0.15) is 5.82 Å². The number of aromatic nitrogens is 5. The molecule has 0 saturated carbocycles. The van der Waals surface area contributed by atoms with Gasteiger partial charge in [0.25, 0.3) is 0 Å². The Morgan fingerprint density at radius 3 is 2.55 bits per heavy atom. The van der Waals surface area contributed by atoms with Crippen LogP contribution in [0.5, 0.6) is 0 Å². The number of nitrogens with one attached hydrogen (secondary N) is 2. The minimum Gasteiger partial charge on any atom is -0.378 e. The number of urea groups is 1. The Balaban J connectivity index is 1.27. The standard InChI is InChI=1S/C29H35N9O2/c1-2-31-29(39)33-23-7-5-22(6-8-23)26-34-27(37-14-16-40-17-15-37)25-19-32-38(28(25)35-26)24-9-12-36(13-10-24)20-21-4-3-11-30-18-21/h3-8,11,18-19,24H,2,9-10,12-17,20H2,1H3,(H2,31,33,39). The van der Waals surface area contributed by atoms with E-state index in [0.29, 0.717) is 31.3 Å². The van der Waals surface area contributed by atoms with Gasteiger partial charge >= 0.3 is 6.03 Å². The first-order valence-electron chi connectivity index (χ1n) is 14.0. The third-order valence-corrected chi connectivity index (χ3v) is 7.51. The fourth-order valence-corrected chi connectivity index (χ4v) is 5.43. The summed E-state index contributed by atoms with van der Waals surface area (Å²) in [5.41, 5.74) is 3.70. The third kappa shape index (κ3) is 5.75. The Hall–Kier alpha value is -4.09. The lowest BCUT2D eigenvalue weighted by atomic mass is 10.0. The van der Waals surface area contributed by atoms with E-state index in [0.717, 1.165) is 68.0 Å². The molecule has 11 heteroatoms. The van der Waals surface area contributed by atoms with Gasteiger partial charge in [-0.25, -0.2) is 19.4 Å². The van der Waals surface area contributed by atoms with Crippen molar-refractivity contribution in [3.63, 3.8) is 0 Å². The molecule has 4 aromatic rings. The average Bonchev–Trinajstić information content (AvgIpc) is 3.43. The van der Waals surface area contributed by atoms with Crippen molar-refractivity contribution in [1.29, 1.82) is 0 Å². The minimum atomic E-state index is -0.224. The van der Waals surface area contributed by atoms with Crippen molar-refractivity contribution in [2.24, 2.45) is 0 Å². The predicted octanol–water partition coefficient (Wildman–Crippen LogP) is 3.70. The fraction of sp³-hybridized carbons (Fsp3) is 0.414. The van der Waals surface area contributed by atoms with Gasteiger partial charge in [-0.15, -0.1) is 0 Å². The molecule has 0 unspecified atom stereocenters. The van der Waals surface area contributed by atoms with E-state index in [1.54, 1.807) is 0 Å². The lowest BCUT2D eigenvalue weighted by Gasteiger charge is -2.32. The van der Waals surface area contributed by atoms with E-state index in [9.17, 15) is 4.79 Å². The minimum absolute atomic E-state index is 0.224. The van der Waals surface area contributed by atoms with Crippen LogP contribution < -0.4 is 15.5 Å². The quantitative estimate of drug-likeness (QED) is 0.364. The average molecular weight is 542 g/mol. The van der Waals surface area contributed by atoms with Gasteiger partial charge in [0.2, 0.25) is 0 Å². The number of carbonyl (C=O) groups is 1. The molecule has 2 amide bonds. The zero-order valence-electron chi connectivity index (χ0n) is 22.8. The van der Waals surface area contributed by atoms with E-state index in [1.165, 1.54) is 5.56 Å². The van der Waals surface area contributed by atoms with Gasteiger partial charge in [0.15, 0.2) is 11.5 Å². The number of fused-ring (bicyclic) bond motifs is 1. The van der Waals surface area contributed by atoms with Crippen molar-refractivity contribution >= 4 is 28.6 Å². The number of ether oxygens (including phenoxy) is 1. The molecule has 11 nitrogen and oxygen atoms in total. The summed E-state index contributed by atoms with van der Waals surface area (Å²) in [4.78, 5) is 31.0. The smallest absolute Gasteiger partial charge is 0.319 e. The number of amides is 2. The molecule has 2 aliphatic heterocycles.